The van der Waals surface area contributed by atoms with Crippen molar-refractivity contribution in [2.45, 2.75) is 36.5 Å². The van der Waals surface area contributed by atoms with E-state index < -0.39 is 10.0 Å². The van der Waals surface area contributed by atoms with Crippen LogP contribution in [-0.4, -0.2) is 54.7 Å². The van der Waals surface area contributed by atoms with Crippen LogP contribution >= 0.6 is 11.3 Å². The van der Waals surface area contributed by atoms with Gasteiger partial charge in [0, 0.05) is 38.0 Å². The highest BCUT2D eigenvalue weighted by atomic mass is 32.2. The maximum atomic E-state index is 13.3. The van der Waals surface area contributed by atoms with E-state index in [-0.39, 0.29) is 41.3 Å². The van der Waals surface area contributed by atoms with Crippen molar-refractivity contribution in [3.05, 3.63) is 59.1 Å². The Hall–Kier alpha value is -2.80. The van der Waals surface area contributed by atoms with Crippen LogP contribution in [0.4, 0.5) is 0 Å². The summed E-state index contributed by atoms with van der Waals surface area (Å²) >= 11 is 1.71. The maximum Gasteiger partial charge on any atom is 0.244 e. The standard InChI is InChI=1S/C25H26N4O3S2/c26-16-19-6-1-4-10-23(19)34(31,32)29-14-11-18(12-15-29)25(30)28-13-5-7-20(17-28)24-27-21-8-2-3-9-22(21)33-24/h1-4,6,8-10,18,20H,5,7,11-15,17H2/t20-/m1/s1. The number of para-hydroxylation sites is 1. The van der Waals surface area contributed by atoms with Gasteiger partial charge in [-0.3, -0.25) is 4.79 Å². The Balaban J connectivity index is 1.23. The number of piperidine rings is 2. The number of hydrogen-bond donors (Lipinski definition) is 0. The zero-order valence-corrected chi connectivity index (χ0v) is 20.4. The number of aromatic nitrogens is 1. The number of carbonyl (C=O) groups is 1. The monoisotopic (exact) mass is 494 g/mol. The normalized spacial score (nSPS) is 20.3. The van der Waals surface area contributed by atoms with Crippen LogP contribution in [0, 0.1) is 17.2 Å². The first-order valence-corrected chi connectivity index (χ1v) is 13.9. The Bertz CT molecular complexity index is 1320. The molecule has 0 radical (unpaired) electrons. The third-order valence-corrected chi connectivity index (χ3v) is 9.98. The van der Waals surface area contributed by atoms with Gasteiger partial charge < -0.3 is 4.90 Å². The van der Waals surface area contributed by atoms with Gasteiger partial charge in [-0.2, -0.15) is 9.57 Å². The molecule has 1 atom stereocenters. The van der Waals surface area contributed by atoms with E-state index in [0.29, 0.717) is 19.4 Å². The lowest BCUT2D eigenvalue weighted by atomic mass is 9.93. The first kappa shape index (κ1) is 23.0. The predicted octanol–water partition coefficient (Wildman–Crippen LogP) is 3.97. The number of hydrogen-bond acceptors (Lipinski definition) is 6. The number of carbonyl (C=O) groups excluding carboxylic acids is 1. The average Bonchev–Trinajstić information content (AvgIpc) is 3.33. The third-order valence-electron chi connectivity index (χ3n) is 6.82. The summed E-state index contributed by atoms with van der Waals surface area (Å²) in [4.78, 5) is 20.1. The molecule has 5 rings (SSSR count). The van der Waals surface area contributed by atoms with Crippen LogP contribution in [0.2, 0.25) is 0 Å². The Kier molecular flexibility index (Phi) is 6.38. The first-order valence-electron chi connectivity index (χ1n) is 11.6. The fraction of sp³-hybridized carbons (Fsp3) is 0.400. The summed E-state index contributed by atoms with van der Waals surface area (Å²) < 4.78 is 28.8. The van der Waals surface area contributed by atoms with Gasteiger partial charge in [-0.1, -0.05) is 24.3 Å². The Morgan fingerprint density at radius 2 is 1.76 bits per heavy atom. The van der Waals surface area contributed by atoms with Gasteiger partial charge in [-0.05, 0) is 49.9 Å². The molecule has 0 spiro atoms. The molecule has 34 heavy (non-hydrogen) atoms. The fourth-order valence-corrected chi connectivity index (χ4v) is 7.67. The zero-order chi connectivity index (χ0) is 23.7. The molecule has 2 aromatic carbocycles. The lowest BCUT2D eigenvalue weighted by Crippen LogP contribution is -2.46. The van der Waals surface area contributed by atoms with E-state index in [9.17, 15) is 18.5 Å². The summed E-state index contributed by atoms with van der Waals surface area (Å²) in [5, 5.41) is 10.4. The molecule has 2 aliphatic rings. The molecule has 2 aliphatic heterocycles. The number of benzene rings is 2. The molecule has 7 nitrogen and oxygen atoms in total. The molecule has 0 unspecified atom stereocenters. The van der Waals surface area contributed by atoms with Crippen LogP contribution in [0.15, 0.2) is 53.4 Å². The predicted molar refractivity (Wildman–Crippen MR) is 131 cm³/mol. The SMILES string of the molecule is N#Cc1ccccc1S(=O)(=O)N1CCC(C(=O)N2CCC[C@@H](c3nc4ccccc4s3)C2)CC1. The number of likely N-dealkylation sites (tertiary alicyclic amines) is 1. The van der Waals surface area contributed by atoms with Crippen LogP contribution in [0.3, 0.4) is 0 Å². The van der Waals surface area contributed by atoms with Crippen LogP contribution in [0.25, 0.3) is 10.2 Å². The Labute approximate surface area is 203 Å². The number of nitrogens with zero attached hydrogens (tertiary/aromatic N) is 4. The van der Waals surface area contributed by atoms with Crippen molar-refractivity contribution in [1.29, 1.82) is 5.26 Å². The van der Waals surface area contributed by atoms with Gasteiger partial charge in [0.15, 0.2) is 0 Å². The van der Waals surface area contributed by atoms with Crippen molar-refractivity contribution in [1.82, 2.24) is 14.2 Å². The number of nitriles is 1. The van der Waals surface area contributed by atoms with E-state index in [1.54, 1.807) is 23.5 Å². The number of sulfonamides is 1. The van der Waals surface area contributed by atoms with Crippen molar-refractivity contribution in [2.75, 3.05) is 26.2 Å². The van der Waals surface area contributed by atoms with Crippen molar-refractivity contribution in [2.24, 2.45) is 5.92 Å². The molecule has 176 valence electrons. The molecule has 2 saturated heterocycles. The summed E-state index contributed by atoms with van der Waals surface area (Å²) in [6.07, 6.45) is 2.97. The Morgan fingerprint density at radius 3 is 2.53 bits per heavy atom. The van der Waals surface area contributed by atoms with E-state index in [1.165, 1.54) is 21.1 Å². The number of thiazole rings is 1. The topological polar surface area (TPSA) is 94.4 Å². The van der Waals surface area contributed by atoms with Gasteiger partial charge in [0.05, 0.1) is 25.7 Å². The van der Waals surface area contributed by atoms with Crippen LogP contribution in [0.5, 0.6) is 0 Å². The van der Waals surface area contributed by atoms with Crippen LogP contribution < -0.4 is 0 Å². The lowest BCUT2D eigenvalue weighted by Gasteiger charge is -2.37. The second kappa shape index (κ2) is 9.45. The molecule has 3 heterocycles. The summed E-state index contributed by atoms with van der Waals surface area (Å²) in [5.41, 5.74) is 1.16. The molecule has 1 aromatic heterocycles. The van der Waals surface area contributed by atoms with Gasteiger partial charge in [0.25, 0.3) is 0 Å². The van der Waals surface area contributed by atoms with Crippen molar-refractivity contribution >= 4 is 37.5 Å². The van der Waals surface area contributed by atoms with Gasteiger partial charge in [0.2, 0.25) is 15.9 Å². The molecule has 0 saturated carbocycles. The number of fused-ring (bicyclic) bond motifs is 1. The Morgan fingerprint density at radius 1 is 1.03 bits per heavy atom. The maximum absolute atomic E-state index is 13.3. The molecule has 1 amide bonds. The van der Waals surface area contributed by atoms with E-state index in [0.717, 1.165) is 29.9 Å². The van der Waals surface area contributed by atoms with Gasteiger partial charge in [0.1, 0.15) is 6.07 Å². The molecule has 2 fully saturated rings. The average molecular weight is 495 g/mol. The van der Waals surface area contributed by atoms with Gasteiger partial charge in [-0.15, -0.1) is 11.3 Å². The smallest absolute Gasteiger partial charge is 0.244 e. The first-order chi connectivity index (χ1) is 16.5. The zero-order valence-electron chi connectivity index (χ0n) is 18.8. The van der Waals surface area contributed by atoms with Gasteiger partial charge in [-0.25, -0.2) is 13.4 Å². The van der Waals surface area contributed by atoms with E-state index in [4.69, 9.17) is 4.98 Å². The van der Waals surface area contributed by atoms with Crippen LogP contribution in [0.1, 0.15) is 42.2 Å². The second-order valence-corrected chi connectivity index (χ2v) is 11.9. The summed E-state index contributed by atoms with van der Waals surface area (Å²) in [6, 6.07) is 16.4. The minimum Gasteiger partial charge on any atom is -0.342 e. The minimum atomic E-state index is -3.76. The molecule has 0 bridgehead atoms. The van der Waals surface area contributed by atoms with Crippen molar-refractivity contribution in [3.8, 4) is 6.07 Å². The quantitative estimate of drug-likeness (QED) is 0.547. The molecule has 9 heteroatoms. The third kappa shape index (κ3) is 4.33. The van der Waals surface area contributed by atoms with E-state index in [1.807, 2.05) is 29.2 Å². The van der Waals surface area contributed by atoms with Crippen LogP contribution in [-0.2, 0) is 14.8 Å². The van der Waals surface area contributed by atoms with Crippen molar-refractivity contribution in [3.63, 3.8) is 0 Å². The largest absolute Gasteiger partial charge is 0.342 e. The van der Waals surface area contributed by atoms with E-state index >= 15 is 0 Å². The van der Waals surface area contributed by atoms with Gasteiger partial charge >= 0.3 is 0 Å². The summed E-state index contributed by atoms with van der Waals surface area (Å²) in [7, 11) is -3.76. The molecule has 0 aliphatic carbocycles. The fourth-order valence-electron chi connectivity index (χ4n) is 4.97. The number of amides is 1. The highest BCUT2D eigenvalue weighted by molar-refractivity contribution is 7.89. The molecule has 3 aromatic rings. The van der Waals surface area contributed by atoms with E-state index in [2.05, 4.69) is 6.07 Å². The number of rotatable bonds is 4. The van der Waals surface area contributed by atoms with Crippen molar-refractivity contribution < 1.29 is 13.2 Å². The summed E-state index contributed by atoms with van der Waals surface area (Å²) in [6.45, 7) is 1.99. The molecular formula is C25H26N4O3S2. The molecular weight excluding hydrogens is 468 g/mol. The minimum absolute atomic E-state index is 0.0389. The highest BCUT2D eigenvalue weighted by Gasteiger charge is 2.36. The second-order valence-electron chi connectivity index (χ2n) is 8.93. The molecule has 0 N–H and O–H groups in total. The lowest BCUT2D eigenvalue weighted by molar-refractivity contribution is -0.138. The highest BCUT2D eigenvalue weighted by Crippen LogP contribution is 2.34. The summed E-state index contributed by atoms with van der Waals surface area (Å²) in [5.74, 6) is 0.199.